The third-order valence-corrected chi connectivity index (χ3v) is 4.02. The van der Waals surface area contributed by atoms with Crippen molar-refractivity contribution in [3.63, 3.8) is 0 Å². The van der Waals surface area contributed by atoms with Gasteiger partial charge in [-0.3, -0.25) is 9.59 Å². The molecule has 25 heavy (non-hydrogen) atoms. The molecule has 1 aromatic heterocycles. The van der Waals surface area contributed by atoms with Gasteiger partial charge in [-0.05, 0) is 24.5 Å². The second-order valence-electron chi connectivity index (χ2n) is 5.66. The molecular weight excluding hydrogens is 322 g/mol. The molecule has 1 aromatic carbocycles. The second-order valence-corrected chi connectivity index (χ2v) is 5.66. The van der Waals surface area contributed by atoms with Crippen LogP contribution in [-0.4, -0.2) is 26.8 Å². The lowest BCUT2D eigenvalue weighted by Gasteiger charge is -2.29. The predicted octanol–water partition coefficient (Wildman–Crippen LogP) is 1.77. The summed E-state index contributed by atoms with van der Waals surface area (Å²) < 4.78 is 1.20. The van der Waals surface area contributed by atoms with E-state index in [2.05, 4.69) is 10.4 Å². The molecular formula is C18H21N3O4. The molecule has 0 saturated carbocycles. The Labute approximate surface area is 145 Å². The van der Waals surface area contributed by atoms with Crippen molar-refractivity contribution in [3.8, 4) is 0 Å². The van der Waals surface area contributed by atoms with Gasteiger partial charge in [0.2, 0.25) is 0 Å². The molecule has 2 aromatic rings. The van der Waals surface area contributed by atoms with E-state index in [0.29, 0.717) is 18.5 Å². The van der Waals surface area contributed by atoms with Gasteiger partial charge in [0.1, 0.15) is 5.69 Å². The molecule has 0 saturated heterocycles. The van der Waals surface area contributed by atoms with Crippen molar-refractivity contribution in [1.82, 2.24) is 15.1 Å². The number of nitrogens with one attached hydrogen (secondary N) is 1. The first kappa shape index (κ1) is 18.4. The maximum atomic E-state index is 12.6. The number of aryl methyl sites for hydroxylation is 1. The number of nitrogens with zero attached hydrogens (tertiary/aromatic N) is 2. The number of carboxylic acid groups (broad SMARTS) is 1. The average Bonchev–Trinajstić information content (AvgIpc) is 2.62. The Balaban J connectivity index is 2.40. The predicted molar refractivity (Wildman–Crippen MR) is 92.3 cm³/mol. The van der Waals surface area contributed by atoms with Crippen molar-refractivity contribution in [3.05, 3.63) is 64.1 Å². The summed E-state index contributed by atoms with van der Waals surface area (Å²) in [4.78, 5) is 36.3. The molecule has 0 unspecified atom stereocenters. The highest BCUT2D eigenvalue weighted by Crippen LogP contribution is 2.25. The Kier molecular flexibility index (Phi) is 5.69. The van der Waals surface area contributed by atoms with E-state index in [1.807, 2.05) is 6.92 Å². The lowest BCUT2D eigenvalue weighted by Crippen LogP contribution is -2.51. The largest absolute Gasteiger partial charge is 0.479 e. The van der Waals surface area contributed by atoms with Gasteiger partial charge in [-0.1, -0.05) is 44.2 Å². The van der Waals surface area contributed by atoms with Gasteiger partial charge in [-0.15, -0.1) is 0 Å². The summed E-state index contributed by atoms with van der Waals surface area (Å²) in [5.41, 5.74) is -1.39. The highest BCUT2D eigenvalue weighted by molar-refractivity contribution is 5.96. The Hall–Kier alpha value is -2.96. The maximum absolute atomic E-state index is 12.6. The number of carboxylic acids is 1. The second kappa shape index (κ2) is 7.74. The van der Waals surface area contributed by atoms with Gasteiger partial charge in [0.15, 0.2) is 5.54 Å². The molecule has 0 aliphatic carbocycles. The Morgan fingerprint density at radius 3 is 2.40 bits per heavy atom. The highest BCUT2D eigenvalue weighted by atomic mass is 16.4. The zero-order valence-corrected chi connectivity index (χ0v) is 14.2. The first-order valence-corrected chi connectivity index (χ1v) is 8.14. The minimum absolute atomic E-state index is 0.00283. The van der Waals surface area contributed by atoms with E-state index in [1.54, 1.807) is 37.3 Å². The van der Waals surface area contributed by atoms with Crippen LogP contribution in [0.1, 0.15) is 42.7 Å². The van der Waals surface area contributed by atoms with Crippen molar-refractivity contribution in [2.24, 2.45) is 0 Å². The fourth-order valence-electron chi connectivity index (χ4n) is 2.62. The normalized spacial score (nSPS) is 13.0. The van der Waals surface area contributed by atoms with Crippen LogP contribution in [0.2, 0.25) is 0 Å². The molecule has 7 heteroatoms. The smallest absolute Gasteiger partial charge is 0.334 e. The van der Waals surface area contributed by atoms with E-state index >= 15 is 0 Å². The summed E-state index contributed by atoms with van der Waals surface area (Å²) in [5.74, 6) is -1.80. The quantitative estimate of drug-likeness (QED) is 0.798. The fraction of sp³-hybridized carbons (Fsp3) is 0.333. The molecule has 7 nitrogen and oxygen atoms in total. The molecule has 1 amide bonds. The summed E-state index contributed by atoms with van der Waals surface area (Å²) in [6.45, 7) is 3.96. The SMILES string of the molecule is CCCn1nc(C(=O)N[C@@](CC)(C(=O)O)c2ccccc2)ccc1=O. The zero-order valence-electron chi connectivity index (χ0n) is 14.2. The van der Waals surface area contributed by atoms with Gasteiger partial charge < -0.3 is 10.4 Å². The number of hydrogen-bond acceptors (Lipinski definition) is 4. The van der Waals surface area contributed by atoms with Crippen molar-refractivity contribution in [2.45, 2.75) is 38.8 Å². The van der Waals surface area contributed by atoms with Crippen LogP contribution in [0.15, 0.2) is 47.3 Å². The van der Waals surface area contributed by atoms with Crippen LogP contribution in [0.4, 0.5) is 0 Å². The maximum Gasteiger partial charge on any atom is 0.334 e. The van der Waals surface area contributed by atoms with Gasteiger partial charge in [-0.25, -0.2) is 9.48 Å². The minimum atomic E-state index is -1.56. The molecule has 0 radical (unpaired) electrons. The summed E-state index contributed by atoms with van der Waals surface area (Å²) in [6, 6.07) is 11.1. The van der Waals surface area contributed by atoms with E-state index in [1.165, 1.54) is 16.8 Å². The third kappa shape index (κ3) is 3.76. The average molecular weight is 343 g/mol. The van der Waals surface area contributed by atoms with Crippen LogP contribution >= 0.6 is 0 Å². The molecule has 1 heterocycles. The fourth-order valence-corrected chi connectivity index (χ4v) is 2.62. The molecule has 0 bridgehead atoms. The molecule has 132 valence electrons. The minimum Gasteiger partial charge on any atom is -0.479 e. The van der Waals surface area contributed by atoms with E-state index < -0.39 is 17.4 Å². The lowest BCUT2D eigenvalue weighted by molar-refractivity contribution is -0.145. The molecule has 2 N–H and O–H groups in total. The number of benzene rings is 1. The number of carbonyl (C=O) groups excluding carboxylic acids is 1. The van der Waals surface area contributed by atoms with Gasteiger partial charge in [-0.2, -0.15) is 5.10 Å². The van der Waals surface area contributed by atoms with Crippen molar-refractivity contribution in [2.75, 3.05) is 0 Å². The molecule has 2 rings (SSSR count). The zero-order chi connectivity index (χ0) is 18.4. The van der Waals surface area contributed by atoms with Crippen LogP contribution in [0.25, 0.3) is 0 Å². The number of amides is 1. The third-order valence-electron chi connectivity index (χ3n) is 4.02. The standard InChI is InChI=1S/C18H21N3O4/c1-3-12-21-15(22)11-10-14(20-21)16(23)19-18(4-2,17(24)25)13-8-6-5-7-9-13/h5-11H,3-4,12H2,1-2H3,(H,19,23)(H,24,25)/t18-/m1/s1. The first-order chi connectivity index (χ1) is 11.9. The number of aromatic nitrogens is 2. The number of hydrogen-bond donors (Lipinski definition) is 2. The number of carbonyl (C=O) groups is 2. The Bertz CT molecular complexity index is 817. The number of rotatable bonds is 7. The highest BCUT2D eigenvalue weighted by Gasteiger charge is 2.40. The van der Waals surface area contributed by atoms with Crippen LogP contribution in [0, 0.1) is 0 Å². The molecule has 0 aliphatic rings. The summed E-state index contributed by atoms with van der Waals surface area (Å²) >= 11 is 0. The molecule has 0 spiro atoms. The molecule has 1 atom stereocenters. The van der Waals surface area contributed by atoms with E-state index in [0.717, 1.165) is 0 Å². The van der Waals surface area contributed by atoms with Gasteiger partial charge >= 0.3 is 5.97 Å². The first-order valence-electron chi connectivity index (χ1n) is 8.14. The summed E-state index contributed by atoms with van der Waals surface area (Å²) in [6.07, 6.45) is 0.850. The van der Waals surface area contributed by atoms with Gasteiger partial charge in [0.05, 0.1) is 0 Å². The van der Waals surface area contributed by atoms with Crippen molar-refractivity contribution < 1.29 is 14.7 Å². The van der Waals surface area contributed by atoms with E-state index in [4.69, 9.17) is 0 Å². The van der Waals surface area contributed by atoms with Crippen molar-refractivity contribution >= 4 is 11.9 Å². The van der Waals surface area contributed by atoms with Gasteiger partial charge in [0, 0.05) is 12.6 Å². The molecule has 0 fully saturated rings. The Morgan fingerprint density at radius 2 is 1.84 bits per heavy atom. The lowest BCUT2D eigenvalue weighted by atomic mass is 9.87. The summed E-state index contributed by atoms with van der Waals surface area (Å²) in [5, 5.41) is 16.4. The van der Waals surface area contributed by atoms with Crippen LogP contribution in [0.5, 0.6) is 0 Å². The Morgan fingerprint density at radius 1 is 1.16 bits per heavy atom. The van der Waals surface area contributed by atoms with Crippen molar-refractivity contribution in [1.29, 1.82) is 0 Å². The monoisotopic (exact) mass is 343 g/mol. The van der Waals surface area contributed by atoms with Gasteiger partial charge in [0.25, 0.3) is 11.5 Å². The van der Waals surface area contributed by atoms with Crippen LogP contribution in [0.3, 0.4) is 0 Å². The van der Waals surface area contributed by atoms with E-state index in [9.17, 15) is 19.5 Å². The number of aliphatic carboxylic acids is 1. The molecule has 0 aliphatic heterocycles. The van der Waals surface area contributed by atoms with E-state index in [-0.39, 0.29) is 17.7 Å². The topological polar surface area (TPSA) is 101 Å². The van der Waals surface area contributed by atoms with Crippen LogP contribution in [-0.2, 0) is 16.9 Å². The summed E-state index contributed by atoms with van der Waals surface area (Å²) in [7, 11) is 0. The van der Waals surface area contributed by atoms with Crippen LogP contribution < -0.4 is 10.9 Å².